The van der Waals surface area contributed by atoms with Crippen molar-refractivity contribution in [2.45, 2.75) is 6.42 Å². The number of methoxy groups -OCH3 is 2. The van der Waals surface area contributed by atoms with Gasteiger partial charge >= 0.3 is 11.8 Å². The Balaban J connectivity index is 1.57. The van der Waals surface area contributed by atoms with Gasteiger partial charge in [-0.2, -0.15) is 4.98 Å². The van der Waals surface area contributed by atoms with E-state index >= 15 is 0 Å². The first-order chi connectivity index (χ1) is 14.9. The van der Waals surface area contributed by atoms with Gasteiger partial charge in [0.25, 0.3) is 5.91 Å². The predicted molar refractivity (Wildman–Crippen MR) is 113 cm³/mol. The van der Waals surface area contributed by atoms with Crippen LogP contribution < -0.4 is 14.8 Å². The van der Waals surface area contributed by atoms with Crippen LogP contribution in [-0.4, -0.2) is 61.7 Å². The van der Waals surface area contributed by atoms with Crippen LogP contribution in [-0.2, 0) is 6.42 Å². The van der Waals surface area contributed by atoms with Crippen LogP contribution in [0.15, 0.2) is 47.0 Å². The molecular weight excluding hydrogens is 400 g/mol. The maximum atomic E-state index is 12.3. The van der Waals surface area contributed by atoms with Crippen LogP contribution >= 0.6 is 0 Å². The molecule has 0 aliphatic heterocycles. The number of hydrogen-bond donors (Lipinski definition) is 1. The molecule has 0 aliphatic rings. The summed E-state index contributed by atoms with van der Waals surface area (Å²) in [5.74, 6) is 0.727. The molecular formula is C22H24N4O5. The third-order valence-corrected chi connectivity index (χ3v) is 4.57. The van der Waals surface area contributed by atoms with Gasteiger partial charge in [0.05, 0.1) is 14.2 Å². The third-order valence-electron chi connectivity index (χ3n) is 4.57. The topological polar surface area (TPSA) is 107 Å². The molecule has 0 fully saturated rings. The second-order valence-electron chi connectivity index (χ2n) is 6.90. The molecule has 9 nitrogen and oxygen atoms in total. The summed E-state index contributed by atoms with van der Waals surface area (Å²) in [4.78, 5) is 29.9. The third kappa shape index (κ3) is 5.19. The van der Waals surface area contributed by atoms with E-state index in [1.165, 1.54) is 12.0 Å². The van der Waals surface area contributed by atoms with Gasteiger partial charge in [-0.15, -0.1) is 0 Å². The molecule has 0 unspecified atom stereocenters. The average molecular weight is 424 g/mol. The van der Waals surface area contributed by atoms with Crippen molar-refractivity contribution in [3.63, 3.8) is 0 Å². The van der Waals surface area contributed by atoms with Crippen LogP contribution in [0.1, 0.15) is 26.6 Å². The number of benzene rings is 2. The molecule has 0 saturated heterocycles. The number of nitrogens with zero attached hydrogens (tertiary/aromatic N) is 3. The van der Waals surface area contributed by atoms with E-state index in [2.05, 4.69) is 15.5 Å². The molecule has 3 rings (SSSR count). The second-order valence-corrected chi connectivity index (χ2v) is 6.90. The lowest BCUT2D eigenvalue weighted by molar-refractivity contribution is 0.0827. The Bertz CT molecular complexity index is 1060. The molecule has 2 aromatic carbocycles. The summed E-state index contributed by atoms with van der Waals surface area (Å²) in [5, 5.41) is 6.62. The maximum absolute atomic E-state index is 12.3. The van der Waals surface area contributed by atoms with Crippen LogP contribution in [0, 0.1) is 0 Å². The lowest BCUT2D eigenvalue weighted by atomic mass is 10.1. The number of carbonyl (C=O) groups is 2. The Morgan fingerprint density at radius 3 is 2.39 bits per heavy atom. The number of rotatable bonds is 8. The van der Waals surface area contributed by atoms with E-state index in [1.807, 2.05) is 12.1 Å². The van der Waals surface area contributed by atoms with Gasteiger partial charge in [-0.1, -0.05) is 17.3 Å². The van der Waals surface area contributed by atoms with E-state index in [-0.39, 0.29) is 17.6 Å². The zero-order valence-electron chi connectivity index (χ0n) is 17.8. The van der Waals surface area contributed by atoms with Gasteiger partial charge in [0, 0.05) is 31.8 Å². The molecule has 0 radical (unpaired) electrons. The predicted octanol–water partition coefficient (Wildman–Crippen LogP) is 2.43. The van der Waals surface area contributed by atoms with Crippen LogP contribution in [0.4, 0.5) is 0 Å². The number of carbonyl (C=O) groups excluding carboxylic acids is 2. The molecule has 1 aromatic heterocycles. The fourth-order valence-corrected chi connectivity index (χ4v) is 2.88. The largest absolute Gasteiger partial charge is 0.493 e. The van der Waals surface area contributed by atoms with Gasteiger partial charge in [0.2, 0.25) is 5.82 Å². The normalized spacial score (nSPS) is 10.5. The van der Waals surface area contributed by atoms with Crippen LogP contribution in [0.2, 0.25) is 0 Å². The van der Waals surface area contributed by atoms with E-state index in [4.69, 9.17) is 14.0 Å². The Hall–Kier alpha value is -3.88. The quantitative estimate of drug-likeness (QED) is 0.592. The van der Waals surface area contributed by atoms with E-state index in [0.29, 0.717) is 35.6 Å². The standard InChI is InChI=1S/C22H24N4O5/c1-26(2)22(28)15-7-5-14(6-8-15)11-12-23-20(27)21-24-19(25-31-21)16-9-10-17(29-3)18(13-16)30-4/h5-10,13H,11-12H2,1-4H3,(H,23,27). The van der Waals surface area contributed by atoms with Gasteiger partial charge < -0.3 is 24.2 Å². The monoisotopic (exact) mass is 424 g/mol. The summed E-state index contributed by atoms with van der Waals surface area (Å²) < 4.78 is 15.6. The van der Waals surface area contributed by atoms with Gasteiger partial charge in [0.15, 0.2) is 11.5 Å². The highest BCUT2D eigenvalue weighted by Crippen LogP contribution is 2.31. The van der Waals surface area contributed by atoms with Gasteiger partial charge in [-0.3, -0.25) is 9.59 Å². The van der Waals surface area contributed by atoms with Crippen molar-refractivity contribution < 1.29 is 23.6 Å². The van der Waals surface area contributed by atoms with E-state index in [0.717, 1.165) is 5.56 Å². The number of hydrogen-bond acceptors (Lipinski definition) is 7. The van der Waals surface area contributed by atoms with Crippen molar-refractivity contribution in [2.24, 2.45) is 0 Å². The molecule has 3 aromatic rings. The van der Waals surface area contributed by atoms with Crippen molar-refractivity contribution in [2.75, 3.05) is 34.9 Å². The van der Waals surface area contributed by atoms with Gasteiger partial charge in [0.1, 0.15) is 0 Å². The number of amides is 2. The molecule has 1 heterocycles. The van der Waals surface area contributed by atoms with Crippen molar-refractivity contribution in [3.05, 3.63) is 59.5 Å². The fraction of sp³-hybridized carbons (Fsp3) is 0.273. The molecule has 2 amide bonds. The summed E-state index contributed by atoms with van der Waals surface area (Å²) >= 11 is 0. The summed E-state index contributed by atoms with van der Waals surface area (Å²) in [6, 6.07) is 12.5. The van der Waals surface area contributed by atoms with Crippen LogP contribution in [0.5, 0.6) is 11.5 Å². The van der Waals surface area contributed by atoms with E-state index in [9.17, 15) is 9.59 Å². The minimum absolute atomic E-state index is 0.0541. The molecule has 0 bridgehead atoms. The highest BCUT2D eigenvalue weighted by atomic mass is 16.5. The number of nitrogens with one attached hydrogen (secondary N) is 1. The molecule has 162 valence electrons. The first-order valence-corrected chi connectivity index (χ1v) is 9.58. The molecule has 0 aliphatic carbocycles. The Labute approximate surface area is 180 Å². The maximum Gasteiger partial charge on any atom is 0.316 e. The van der Waals surface area contributed by atoms with Gasteiger partial charge in [-0.05, 0) is 42.3 Å². The van der Waals surface area contributed by atoms with Crippen molar-refractivity contribution >= 4 is 11.8 Å². The van der Waals surface area contributed by atoms with Crippen LogP contribution in [0.3, 0.4) is 0 Å². The SMILES string of the molecule is COc1ccc(-c2noc(C(=O)NCCc3ccc(C(=O)N(C)C)cc3)n2)cc1OC. The summed E-state index contributed by atoms with van der Waals surface area (Å²) in [5.41, 5.74) is 2.24. The Kier molecular flexibility index (Phi) is 6.86. The minimum Gasteiger partial charge on any atom is -0.493 e. The highest BCUT2D eigenvalue weighted by molar-refractivity contribution is 5.93. The van der Waals surface area contributed by atoms with Crippen molar-refractivity contribution in [3.8, 4) is 22.9 Å². The molecule has 0 atom stereocenters. The minimum atomic E-state index is -0.460. The Morgan fingerprint density at radius 2 is 1.74 bits per heavy atom. The first kappa shape index (κ1) is 21.8. The first-order valence-electron chi connectivity index (χ1n) is 9.58. The zero-order chi connectivity index (χ0) is 22.4. The van der Waals surface area contributed by atoms with Crippen LogP contribution in [0.25, 0.3) is 11.4 Å². The number of ether oxygens (including phenoxy) is 2. The van der Waals surface area contributed by atoms with E-state index < -0.39 is 5.91 Å². The second kappa shape index (κ2) is 9.75. The molecule has 0 spiro atoms. The molecule has 0 saturated carbocycles. The van der Waals surface area contributed by atoms with E-state index in [1.54, 1.807) is 51.5 Å². The van der Waals surface area contributed by atoms with Gasteiger partial charge in [-0.25, -0.2) is 0 Å². The zero-order valence-corrected chi connectivity index (χ0v) is 17.8. The fourth-order valence-electron chi connectivity index (χ4n) is 2.88. The highest BCUT2D eigenvalue weighted by Gasteiger charge is 2.17. The summed E-state index contributed by atoms with van der Waals surface area (Å²) in [6.45, 7) is 0.383. The smallest absolute Gasteiger partial charge is 0.316 e. The van der Waals surface area contributed by atoms with Crippen molar-refractivity contribution in [1.29, 1.82) is 0 Å². The lowest BCUT2D eigenvalue weighted by Gasteiger charge is -2.10. The molecule has 31 heavy (non-hydrogen) atoms. The lowest BCUT2D eigenvalue weighted by Crippen LogP contribution is -2.26. The summed E-state index contributed by atoms with van der Waals surface area (Å²) in [7, 11) is 6.50. The molecule has 9 heteroatoms. The van der Waals surface area contributed by atoms with Crippen molar-refractivity contribution in [1.82, 2.24) is 20.4 Å². The average Bonchev–Trinajstić information content (AvgIpc) is 3.29. The summed E-state index contributed by atoms with van der Waals surface area (Å²) in [6.07, 6.45) is 0.596. The molecule has 1 N–H and O–H groups in total. The Morgan fingerprint density at radius 1 is 1.03 bits per heavy atom. The number of aromatic nitrogens is 2.